The number of imidazole rings is 1. The van der Waals surface area contributed by atoms with Crippen LogP contribution in [0, 0.1) is 23.0 Å². The molecule has 0 unspecified atom stereocenters. The van der Waals surface area contributed by atoms with Gasteiger partial charge in [-0.2, -0.15) is 10.4 Å². The molecule has 0 amide bonds. The second-order valence-corrected chi connectivity index (χ2v) is 5.94. The third kappa shape index (κ3) is 2.11. The summed E-state index contributed by atoms with van der Waals surface area (Å²) >= 11 is 8.83. The lowest BCUT2D eigenvalue weighted by molar-refractivity contribution is 0.661. The second kappa shape index (κ2) is 5.13. The molecule has 0 bridgehead atoms. The van der Waals surface area contributed by atoms with Crippen LogP contribution >= 0.6 is 28.1 Å². The Labute approximate surface area is 134 Å². The molecule has 0 saturated heterocycles. The van der Waals surface area contributed by atoms with E-state index in [-0.39, 0.29) is 0 Å². The molecule has 2 heterocycles. The summed E-state index contributed by atoms with van der Waals surface area (Å²) in [5, 5.41) is 13.9. The molecule has 0 saturated carbocycles. The van der Waals surface area contributed by atoms with E-state index < -0.39 is 0 Å². The molecule has 5 nitrogen and oxygen atoms in total. The monoisotopic (exact) mass is 361 g/mol. The molecule has 1 N–H and O–H groups in total. The van der Waals surface area contributed by atoms with E-state index in [1.54, 1.807) is 6.07 Å². The van der Waals surface area contributed by atoms with Crippen molar-refractivity contribution in [1.82, 2.24) is 19.3 Å². The fourth-order valence-corrected chi connectivity index (χ4v) is 3.09. The number of fused-ring (bicyclic) bond motifs is 1. The van der Waals surface area contributed by atoms with Crippen molar-refractivity contribution in [2.75, 3.05) is 0 Å². The number of hydrogen-bond acceptors (Lipinski definition) is 3. The largest absolute Gasteiger partial charge is 0.327 e. The van der Waals surface area contributed by atoms with E-state index in [9.17, 15) is 5.26 Å². The molecule has 3 aromatic rings. The first kappa shape index (κ1) is 14.0. The van der Waals surface area contributed by atoms with Crippen LogP contribution in [0.1, 0.15) is 18.2 Å². The molecular formula is C14H12BrN5S. The number of rotatable bonds is 2. The quantitative estimate of drug-likeness (QED) is 0.705. The van der Waals surface area contributed by atoms with Gasteiger partial charge in [0.25, 0.3) is 0 Å². The zero-order valence-corrected chi connectivity index (χ0v) is 13.9. The summed E-state index contributed by atoms with van der Waals surface area (Å²) in [6.45, 7) is 4.70. The third-order valence-corrected chi connectivity index (χ3v) is 4.14. The highest BCUT2D eigenvalue weighted by atomic mass is 79.9. The Morgan fingerprint density at radius 2 is 2.24 bits per heavy atom. The molecule has 0 spiro atoms. The van der Waals surface area contributed by atoms with Crippen molar-refractivity contribution < 1.29 is 0 Å². The number of halogens is 1. The van der Waals surface area contributed by atoms with Gasteiger partial charge < -0.3 is 4.98 Å². The van der Waals surface area contributed by atoms with Gasteiger partial charge >= 0.3 is 0 Å². The lowest BCUT2D eigenvalue weighted by Crippen LogP contribution is -2.05. The van der Waals surface area contributed by atoms with Crippen LogP contribution in [0.3, 0.4) is 0 Å². The van der Waals surface area contributed by atoms with E-state index in [1.165, 1.54) is 0 Å². The summed E-state index contributed by atoms with van der Waals surface area (Å²) in [5.74, 6) is 0. The zero-order valence-electron chi connectivity index (χ0n) is 11.5. The maximum Gasteiger partial charge on any atom is 0.184 e. The summed E-state index contributed by atoms with van der Waals surface area (Å²) in [4.78, 5) is 3.19. The number of hydrogen-bond donors (Lipinski definition) is 1. The van der Waals surface area contributed by atoms with Crippen LogP contribution in [0.2, 0.25) is 0 Å². The number of aromatic nitrogens is 4. The Kier molecular flexibility index (Phi) is 3.43. The van der Waals surface area contributed by atoms with E-state index >= 15 is 0 Å². The first-order valence-electron chi connectivity index (χ1n) is 6.45. The minimum absolute atomic E-state index is 0.558. The summed E-state index contributed by atoms with van der Waals surface area (Å²) in [6.07, 6.45) is 0. The highest BCUT2D eigenvalue weighted by Gasteiger charge is 2.17. The maximum atomic E-state index is 9.39. The minimum atomic E-state index is 0.558. The third-order valence-electron chi connectivity index (χ3n) is 3.37. The second-order valence-electron chi connectivity index (χ2n) is 4.64. The summed E-state index contributed by atoms with van der Waals surface area (Å²) in [5.41, 5.74) is 4.01. The molecule has 0 aliphatic rings. The van der Waals surface area contributed by atoms with Crippen LogP contribution < -0.4 is 0 Å². The fraction of sp³-hybridized carbons (Fsp3) is 0.214. The SMILES string of the molecule is CCn1nc(C)c2[nH]c(=S)n(-c3ccc(Br)cc3C#N)c21. The summed E-state index contributed by atoms with van der Waals surface area (Å²) < 4.78 is 5.19. The number of nitriles is 1. The maximum absolute atomic E-state index is 9.39. The van der Waals surface area contributed by atoms with Gasteiger partial charge in [0.1, 0.15) is 11.6 Å². The Morgan fingerprint density at radius 3 is 2.90 bits per heavy atom. The smallest absolute Gasteiger partial charge is 0.184 e. The van der Waals surface area contributed by atoms with Crippen LogP contribution in [-0.4, -0.2) is 19.3 Å². The van der Waals surface area contributed by atoms with Crippen molar-refractivity contribution in [3.05, 3.63) is 38.7 Å². The van der Waals surface area contributed by atoms with Crippen LogP contribution in [-0.2, 0) is 6.54 Å². The van der Waals surface area contributed by atoms with Crippen molar-refractivity contribution >= 4 is 39.3 Å². The van der Waals surface area contributed by atoms with E-state index in [2.05, 4.69) is 32.1 Å². The molecule has 0 atom stereocenters. The molecule has 2 aromatic heterocycles. The number of aromatic amines is 1. The van der Waals surface area contributed by atoms with E-state index in [0.717, 1.165) is 33.6 Å². The molecule has 0 aliphatic carbocycles. The van der Waals surface area contributed by atoms with Crippen LogP contribution in [0.25, 0.3) is 16.9 Å². The van der Waals surface area contributed by atoms with Crippen molar-refractivity contribution in [1.29, 1.82) is 5.26 Å². The summed E-state index contributed by atoms with van der Waals surface area (Å²) in [7, 11) is 0. The lowest BCUT2D eigenvalue weighted by atomic mass is 10.2. The number of H-pyrrole nitrogens is 1. The minimum Gasteiger partial charge on any atom is -0.327 e. The van der Waals surface area contributed by atoms with Gasteiger partial charge in [0.2, 0.25) is 0 Å². The Bertz CT molecular complexity index is 941. The molecule has 0 radical (unpaired) electrons. The molecule has 7 heteroatoms. The van der Waals surface area contributed by atoms with Crippen LogP contribution in [0.4, 0.5) is 0 Å². The lowest BCUT2D eigenvalue weighted by Gasteiger charge is -2.08. The van der Waals surface area contributed by atoms with Crippen molar-refractivity contribution in [3.63, 3.8) is 0 Å². The number of nitrogens with one attached hydrogen (secondary N) is 1. The number of benzene rings is 1. The zero-order chi connectivity index (χ0) is 15.1. The van der Waals surface area contributed by atoms with Gasteiger partial charge in [-0.25, -0.2) is 4.68 Å². The average molecular weight is 362 g/mol. The van der Waals surface area contributed by atoms with Gasteiger partial charge in [0.05, 0.1) is 16.9 Å². The molecule has 1 aromatic carbocycles. The molecule has 106 valence electrons. The molecule has 0 aliphatic heterocycles. The van der Waals surface area contributed by atoms with Crippen LogP contribution in [0.15, 0.2) is 22.7 Å². The standard InChI is InChI=1S/C14H12BrN5S/c1-3-19-13-12(8(2)18-19)17-14(21)20(13)11-5-4-10(15)6-9(11)7-16/h4-6H,3H2,1-2H3,(H,17,21). The van der Waals surface area contributed by atoms with E-state index in [1.807, 2.05) is 35.2 Å². The number of nitrogens with zero attached hydrogens (tertiary/aromatic N) is 4. The van der Waals surface area contributed by atoms with Gasteiger partial charge in [-0.15, -0.1) is 0 Å². The van der Waals surface area contributed by atoms with Gasteiger partial charge in [-0.1, -0.05) is 15.9 Å². The van der Waals surface area contributed by atoms with Gasteiger partial charge in [-0.05, 0) is 44.3 Å². The van der Waals surface area contributed by atoms with Crippen molar-refractivity contribution in [2.45, 2.75) is 20.4 Å². The molecular weight excluding hydrogens is 350 g/mol. The van der Waals surface area contributed by atoms with E-state index in [4.69, 9.17) is 12.2 Å². The van der Waals surface area contributed by atoms with Crippen molar-refractivity contribution in [2.24, 2.45) is 0 Å². The first-order chi connectivity index (χ1) is 10.1. The highest BCUT2D eigenvalue weighted by molar-refractivity contribution is 9.10. The highest BCUT2D eigenvalue weighted by Crippen LogP contribution is 2.26. The Hall–Kier alpha value is -1.91. The molecule has 21 heavy (non-hydrogen) atoms. The number of aryl methyl sites for hydroxylation is 2. The first-order valence-corrected chi connectivity index (χ1v) is 7.65. The van der Waals surface area contributed by atoms with Gasteiger partial charge in [0.15, 0.2) is 10.4 Å². The Morgan fingerprint density at radius 1 is 1.48 bits per heavy atom. The topological polar surface area (TPSA) is 62.3 Å². The molecule has 0 fully saturated rings. The summed E-state index contributed by atoms with van der Waals surface area (Å²) in [6, 6.07) is 7.79. The predicted octanol–water partition coefficient (Wildman–Crippen LogP) is 3.85. The fourth-order valence-electron chi connectivity index (χ4n) is 2.44. The van der Waals surface area contributed by atoms with Crippen molar-refractivity contribution in [3.8, 4) is 11.8 Å². The van der Waals surface area contributed by atoms with Gasteiger partial charge in [0, 0.05) is 11.0 Å². The van der Waals surface area contributed by atoms with E-state index in [0.29, 0.717) is 10.3 Å². The van der Waals surface area contributed by atoms with Crippen LogP contribution in [0.5, 0.6) is 0 Å². The Balaban J connectivity index is 2.43. The predicted molar refractivity (Wildman–Crippen MR) is 87.1 cm³/mol. The van der Waals surface area contributed by atoms with Gasteiger partial charge in [-0.3, -0.25) is 4.57 Å². The molecule has 3 rings (SSSR count). The normalized spacial score (nSPS) is 11.0. The average Bonchev–Trinajstić information content (AvgIpc) is 2.96.